The van der Waals surface area contributed by atoms with Gasteiger partial charge in [0, 0.05) is 12.6 Å². The second-order valence-corrected chi connectivity index (χ2v) is 4.30. The fourth-order valence-electron chi connectivity index (χ4n) is 1.69. The normalized spacial score (nSPS) is 23.4. The molecule has 0 bridgehead atoms. The Hall–Kier alpha value is -2.33. The minimum atomic E-state index is -1.38. The lowest BCUT2D eigenvalue weighted by molar-refractivity contribution is -0.141. The van der Waals surface area contributed by atoms with Crippen molar-refractivity contribution < 1.29 is 24.6 Å². The summed E-state index contributed by atoms with van der Waals surface area (Å²) < 4.78 is 0. The van der Waals surface area contributed by atoms with Gasteiger partial charge in [0.25, 0.3) is 0 Å². The lowest BCUT2D eigenvalue weighted by Crippen LogP contribution is -2.56. The molecule has 7 N–H and O–H groups in total. The van der Waals surface area contributed by atoms with Crippen LogP contribution >= 0.6 is 0 Å². The van der Waals surface area contributed by atoms with E-state index < -0.39 is 42.0 Å². The number of nitrogens with zero attached hydrogens (tertiary/aromatic N) is 2. The standard InChI is InChI=1S/C10H15N5O5/c11-5(8(17)18)2-10(3-13-4-14-10)15-6(9(19)20)1-7(12)16/h3-6,15H,1-2,11H2,(H2,12,16)(H,17,18)(H,19,20)/t5-,6-,10?/m0/s1. The Balaban J connectivity index is 2.88. The third-order valence-corrected chi connectivity index (χ3v) is 2.62. The van der Waals surface area contributed by atoms with Gasteiger partial charge in [0.15, 0.2) is 5.66 Å². The molecule has 0 fully saturated rings. The maximum Gasteiger partial charge on any atom is 0.321 e. The Labute approximate surface area is 113 Å². The molecule has 1 rings (SSSR count). The van der Waals surface area contributed by atoms with Crippen molar-refractivity contribution >= 4 is 30.4 Å². The molecule has 1 unspecified atom stereocenters. The van der Waals surface area contributed by atoms with E-state index in [4.69, 9.17) is 21.7 Å². The zero-order valence-electron chi connectivity index (χ0n) is 10.4. The molecular formula is C10H15N5O5. The number of amides is 1. The Bertz CT molecular complexity index is 463. The molecule has 3 atom stereocenters. The molecule has 0 aromatic rings. The number of rotatable bonds is 8. The van der Waals surface area contributed by atoms with Crippen LogP contribution in [0.3, 0.4) is 0 Å². The van der Waals surface area contributed by atoms with E-state index in [0.29, 0.717) is 0 Å². The van der Waals surface area contributed by atoms with Gasteiger partial charge in [0.2, 0.25) is 5.91 Å². The van der Waals surface area contributed by atoms with Gasteiger partial charge in [0.1, 0.15) is 18.4 Å². The zero-order chi connectivity index (χ0) is 15.3. The summed E-state index contributed by atoms with van der Waals surface area (Å²) in [6, 6.07) is -2.59. The Kier molecular flexibility index (Phi) is 4.88. The van der Waals surface area contributed by atoms with Crippen molar-refractivity contribution in [2.75, 3.05) is 0 Å². The van der Waals surface area contributed by atoms with Gasteiger partial charge < -0.3 is 21.7 Å². The van der Waals surface area contributed by atoms with Gasteiger partial charge in [-0.2, -0.15) is 0 Å². The Morgan fingerprint density at radius 3 is 2.35 bits per heavy atom. The number of carboxylic acid groups (broad SMARTS) is 2. The molecule has 1 aliphatic heterocycles. The second kappa shape index (κ2) is 6.21. The van der Waals surface area contributed by atoms with Crippen LogP contribution < -0.4 is 16.8 Å². The molecule has 0 spiro atoms. The van der Waals surface area contributed by atoms with Crippen LogP contribution in [0.4, 0.5) is 0 Å². The number of aliphatic carboxylic acids is 2. The van der Waals surface area contributed by atoms with Gasteiger partial charge in [-0.3, -0.25) is 19.7 Å². The average Bonchev–Trinajstić information content (AvgIpc) is 2.75. The fourth-order valence-corrected chi connectivity index (χ4v) is 1.69. The van der Waals surface area contributed by atoms with Crippen molar-refractivity contribution in [2.24, 2.45) is 21.5 Å². The minimum absolute atomic E-state index is 0.217. The van der Waals surface area contributed by atoms with E-state index >= 15 is 0 Å². The molecule has 20 heavy (non-hydrogen) atoms. The second-order valence-electron chi connectivity index (χ2n) is 4.30. The average molecular weight is 285 g/mol. The number of primary amides is 1. The molecule has 0 saturated carbocycles. The lowest BCUT2D eigenvalue weighted by atomic mass is 10.0. The number of nitrogens with one attached hydrogen (secondary N) is 1. The van der Waals surface area contributed by atoms with Gasteiger partial charge >= 0.3 is 11.9 Å². The number of hydrogen-bond acceptors (Lipinski definition) is 7. The summed E-state index contributed by atoms with van der Waals surface area (Å²) in [5.41, 5.74) is 9.01. The van der Waals surface area contributed by atoms with Crippen molar-refractivity contribution in [2.45, 2.75) is 30.6 Å². The highest BCUT2D eigenvalue weighted by Gasteiger charge is 2.38. The van der Waals surface area contributed by atoms with Crippen LogP contribution in [0, 0.1) is 0 Å². The monoisotopic (exact) mass is 285 g/mol. The number of hydrogen-bond donors (Lipinski definition) is 5. The van der Waals surface area contributed by atoms with E-state index in [0.717, 1.165) is 6.34 Å². The summed E-state index contributed by atoms with van der Waals surface area (Å²) in [5.74, 6) is -3.40. The first-order valence-corrected chi connectivity index (χ1v) is 5.61. The summed E-state index contributed by atoms with van der Waals surface area (Å²) in [4.78, 5) is 40.3. The summed E-state index contributed by atoms with van der Waals surface area (Å²) in [7, 11) is 0. The molecule has 1 heterocycles. The molecule has 0 aromatic heterocycles. The van der Waals surface area contributed by atoms with Gasteiger partial charge in [0.05, 0.1) is 6.42 Å². The molecular weight excluding hydrogens is 270 g/mol. The van der Waals surface area contributed by atoms with Gasteiger partial charge in [-0.1, -0.05) is 0 Å². The smallest absolute Gasteiger partial charge is 0.321 e. The first-order valence-electron chi connectivity index (χ1n) is 5.61. The number of aliphatic imine (C=N–C) groups is 2. The van der Waals surface area contributed by atoms with Gasteiger partial charge in [-0.15, -0.1) is 0 Å². The number of nitrogens with two attached hydrogens (primary N) is 2. The highest BCUT2D eigenvalue weighted by Crippen LogP contribution is 2.17. The molecule has 0 aromatic carbocycles. The van der Waals surface area contributed by atoms with Crippen LogP contribution in [0.5, 0.6) is 0 Å². The molecule has 0 radical (unpaired) electrons. The summed E-state index contributed by atoms with van der Waals surface area (Å²) >= 11 is 0. The SMILES string of the molecule is NC(=O)C[C@H](NC1(C[C@H](N)C(=O)O)C=NC=N1)C(=O)O. The first-order chi connectivity index (χ1) is 9.26. The van der Waals surface area contributed by atoms with Crippen LogP contribution in [0.15, 0.2) is 9.98 Å². The van der Waals surface area contributed by atoms with E-state index in [1.807, 2.05) is 0 Å². The van der Waals surface area contributed by atoms with Gasteiger partial charge in [-0.05, 0) is 0 Å². The maximum absolute atomic E-state index is 11.1. The third kappa shape index (κ3) is 4.10. The van der Waals surface area contributed by atoms with Crippen LogP contribution in [-0.4, -0.2) is 58.4 Å². The van der Waals surface area contributed by atoms with Crippen LogP contribution in [0.2, 0.25) is 0 Å². The fraction of sp³-hybridized carbons (Fsp3) is 0.500. The highest BCUT2D eigenvalue weighted by atomic mass is 16.4. The van der Waals surface area contributed by atoms with E-state index in [1.165, 1.54) is 6.21 Å². The topological polar surface area (TPSA) is 180 Å². The van der Waals surface area contributed by atoms with E-state index in [-0.39, 0.29) is 6.42 Å². The van der Waals surface area contributed by atoms with Crippen molar-refractivity contribution in [1.29, 1.82) is 0 Å². The van der Waals surface area contributed by atoms with Crippen molar-refractivity contribution in [3.05, 3.63) is 0 Å². The molecule has 0 aliphatic carbocycles. The first kappa shape index (κ1) is 15.7. The van der Waals surface area contributed by atoms with Crippen molar-refractivity contribution in [3.8, 4) is 0 Å². The summed E-state index contributed by atoms with van der Waals surface area (Å²) in [5, 5.41) is 20.4. The molecule has 0 saturated heterocycles. The van der Waals surface area contributed by atoms with Crippen LogP contribution in [0.25, 0.3) is 0 Å². The summed E-state index contributed by atoms with van der Waals surface area (Å²) in [6.45, 7) is 0. The lowest BCUT2D eigenvalue weighted by Gasteiger charge is -2.29. The van der Waals surface area contributed by atoms with Crippen molar-refractivity contribution in [3.63, 3.8) is 0 Å². The Morgan fingerprint density at radius 1 is 1.30 bits per heavy atom. The summed E-state index contributed by atoms with van der Waals surface area (Å²) in [6.07, 6.45) is 1.70. The van der Waals surface area contributed by atoms with Crippen LogP contribution in [-0.2, 0) is 14.4 Å². The highest BCUT2D eigenvalue weighted by molar-refractivity contribution is 5.88. The van der Waals surface area contributed by atoms with Crippen molar-refractivity contribution in [1.82, 2.24) is 5.32 Å². The molecule has 10 heteroatoms. The van der Waals surface area contributed by atoms with E-state index in [9.17, 15) is 14.4 Å². The number of carbonyl (C=O) groups excluding carboxylic acids is 1. The van der Waals surface area contributed by atoms with E-state index in [1.54, 1.807) is 0 Å². The molecule has 1 amide bonds. The quantitative estimate of drug-likeness (QED) is 0.327. The van der Waals surface area contributed by atoms with E-state index in [2.05, 4.69) is 15.3 Å². The predicted molar refractivity (Wildman–Crippen MR) is 68.3 cm³/mol. The number of carbonyl (C=O) groups is 3. The molecule has 10 nitrogen and oxygen atoms in total. The van der Waals surface area contributed by atoms with Crippen LogP contribution in [0.1, 0.15) is 12.8 Å². The third-order valence-electron chi connectivity index (χ3n) is 2.62. The maximum atomic E-state index is 11.1. The molecule has 1 aliphatic rings. The van der Waals surface area contributed by atoms with Gasteiger partial charge in [-0.25, -0.2) is 9.98 Å². The largest absolute Gasteiger partial charge is 0.480 e. The Morgan fingerprint density at radius 2 is 1.95 bits per heavy atom. The molecule has 110 valence electrons. The zero-order valence-corrected chi connectivity index (χ0v) is 10.4. The predicted octanol–water partition coefficient (Wildman–Crippen LogP) is -2.48. The minimum Gasteiger partial charge on any atom is -0.480 e. The number of carboxylic acids is 2.